The van der Waals surface area contributed by atoms with Gasteiger partial charge in [0, 0.05) is 11.6 Å². The Hall–Kier alpha value is -2.35. The number of aromatic nitrogens is 1. The van der Waals surface area contributed by atoms with E-state index in [1.165, 1.54) is 6.07 Å². The zero-order valence-corrected chi connectivity index (χ0v) is 11.5. The minimum Gasteiger partial charge on any atom is -0.488 e. The molecule has 1 N–H and O–H groups in total. The van der Waals surface area contributed by atoms with Crippen LogP contribution >= 0.6 is 0 Å². The lowest BCUT2D eigenvalue weighted by Crippen LogP contribution is -2.45. The van der Waals surface area contributed by atoms with E-state index in [1.54, 1.807) is 24.3 Å². The molecule has 2 heterocycles. The molecule has 0 saturated carbocycles. The van der Waals surface area contributed by atoms with Crippen LogP contribution in [0.1, 0.15) is 10.5 Å². The summed E-state index contributed by atoms with van der Waals surface area (Å²) in [4.78, 5) is 10.8. The molecule has 0 atom stereocenters. The zero-order chi connectivity index (χ0) is 15.0. The van der Waals surface area contributed by atoms with Crippen LogP contribution in [0.4, 0.5) is 0 Å². The molecule has 1 aromatic heterocycles. The summed E-state index contributed by atoms with van der Waals surface area (Å²) in [6.45, 7) is 0. The van der Waals surface area contributed by atoms with Gasteiger partial charge in [-0.15, -0.1) is 0 Å². The monoisotopic (exact) mass is 309 g/mol. The summed E-state index contributed by atoms with van der Waals surface area (Å²) in [6, 6.07) is 8.09. The molecule has 1 aliphatic rings. The van der Waals surface area contributed by atoms with Crippen molar-refractivity contribution in [2.24, 2.45) is 0 Å². The fourth-order valence-electron chi connectivity index (χ4n) is 2.01. The predicted octanol–water partition coefficient (Wildman–Crippen LogP) is 1.22. The Bertz CT molecular complexity index is 782. The number of aromatic carboxylic acids is 1. The summed E-state index contributed by atoms with van der Waals surface area (Å²) in [7, 11) is -2.94. The molecule has 8 heteroatoms. The van der Waals surface area contributed by atoms with E-state index in [2.05, 4.69) is 5.16 Å². The Morgan fingerprint density at radius 1 is 1.33 bits per heavy atom. The summed E-state index contributed by atoms with van der Waals surface area (Å²) in [5.74, 6) is -0.331. The van der Waals surface area contributed by atoms with Crippen LogP contribution in [0.5, 0.6) is 5.75 Å². The Balaban J connectivity index is 1.78. The lowest BCUT2D eigenvalue weighted by Gasteiger charge is -2.26. The maximum absolute atomic E-state index is 11.1. The second-order valence-electron chi connectivity index (χ2n) is 4.73. The molecule has 0 radical (unpaired) electrons. The molecule has 1 aliphatic heterocycles. The van der Waals surface area contributed by atoms with Crippen LogP contribution < -0.4 is 4.74 Å². The topological polar surface area (TPSA) is 107 Å². The maximum Gasteiger partial charge on any atom is 0.358 e. The van der Waals surface area contributed by atoms with Crippen molar-refractivity contribution < 1.29 is 27.6 Å². The van der Waals surface area contributed by atoms with Crippen LogP contribution in [-0.2, 0) is 9.84 Å². The Morgan fingerprint density at radius 3 is 2.71 bits per heavy atom. The molecule has 21 heavy (non-hydrogen) atoms. The molecule has 0 bridgehead atoms. The highest BCUT2D eigenvalue weighted by atomic mass is 32.2. The second-order valence-corrected chi connectivity index (χ2v) is 6.88. The van der Waals surface area contributed by atoms with Crippen molar-refractivity contribution >= 4 is 15.8 Å². The number of hydrogen-bond donors (Lipinski definition) is 1. The van der Waals surface area contributed by atoms with Gasteiger partial charge < -0.3 is 14.4 Å². The van der Waals surface area contributed by atoms with Crippen LogP contribution in [-0.4, -0.2) is 42.3 Å². The third-order valence-electron chi connectivity index (χ3n) is 3.03. The first-order valence-corrected chi connectivity index (χ1v) is 7.93. The van der Waals surface area contributed by atoms with Gasteiger partial charge in [0.2, 0.25) is 0 Å². The van der Waals surface area contributed by atoms with E-state index in [1.807, 2.05) is 0 Å². The van der Waals surface area contributed by atoms with Gasteiger partial charge >= 0.3 is 5.97 Å². The molecule has 1 saturated heterocycles. The van der Waals surface area contributed by atoms with Crippen molar-refractivity contribution in [2.45, 2.75) is 6.10 Å². The zero-order valence-electron chi connectivity index (χ0n) is 10.7. The average molecular weight is 309 g/mol. The van der Waals surface area contributed by atoms with Crippen LogP contribution in [0.25, 0.3) is 11.3 Å². The highest BCUT2D eigenvalue weighted by molar-refractivity contribution is 7.92. The number of rotatable bonds is 4. The molecule has 7 nitrogen and oxygen atoms in total. The molecule has 2 aromatic rings. The van der Waals surface area contributed by atoms with Gasteiger partial charge in [-0.2, -0.15) is 0 Å². The van der Waals surface area contributed by atoms with Crippen LogP contribution in [0.2, 0.25) is 0 Å². The van der Waals surface area contributed by atoms with Crippen molar-refractivity contribution in [3.63, 3.8) is 0 Å². The minimum absolute atomic E-state index is 0.0166. The number of carbonyl (C=O) groups is 1. The number of carboxylic acid groups (broad SMARTS) is 1. The van der Waals surface area contributed by atoms with E-state index < -0.39 is 15.8 Å². The molecular weight excluding hydrogens is 298 g/mol. The molecule has 0 spiro atoms. The third-order valence-corrected chi connectivity index (χ3v) is 4.79. The molecule has 1 aromatic carbocycles. The normalized spacial score (nSPS) is 17.1. The van der Waals surface area contributed by atoms with Crippen LogP contribution in [0, 0.1) is 0 Å². The Morgan fingerprint density at radius 2 is 2.10 bits per heavy atom. The first-order valence-electron chi connectivity index (χ1n) is 6.10. The molecule has 0 unspecified atom stereocenters. The van der Waals surface area contributed by atoms with Gasteiger partial charge in [0.05, 0.1) is 11.5 Å². The second kappa shape index (κ2) is 4.88. The molecule has 110 valence electrons. The largest absolute Gasteiger partial charge is 0.488 e. The molecule has 3 rings (SSSR count). The van der Waals surface area contributed by atoms with Crippen molar-refractivity contribution in [2.75, 3.05) is 11.5 Å². The van der Waals surface area contributed by atoms with Crippen molar-refractivity contribution in [3.05, 3.63) is 36.0 Å². The number of nitrogens with zero attached hydrogens (tertiary/aromatic N) is 1. The highest BCUT2D eigenvalue weighted by Gasteiger charge is 2.35. The molecule has 1 fully saturated rings. The smallest absolute Gasteiger partial charge is 0.358 e. The Kier molecular flexibility index (Phi) is 3.17. The Labute approximate surface area is 120 Å². The predicted molar refractivity (Wildman–Crippen MR) is 72.0 cm³/mol. The summed E-state index contributed by atoms with van der Waals surface area (Å²) in [6.07, 6.45) is -0.338. The summed E-state index contributed by atoms with van der Waals surface area (Å²) < 4.78 is 32.7. The SMILES string of the molecule is O=C(O)c1cc(-c2cccc(OC3CS(=O)(=O)C3)c2)on1. The number of benzene rings is 1. The summed E-state index contributed by atoms with van der Waals surface area (Å²) in [5, 5.41) is 12.2. The first kappa shape index (κ1) is 13.6. The van der Waals surface area contributed by atoms with E-state index in [0.29, 0.717) is 17.1 Å². The third kappa shape index (κ3) is 2.89. The van der Waals surface area contributed by atoms with Gasteiger partial charge in [0.1, 0.15) is 11.9 Å². The van der Waals surface area contributed by atoms with E-state index in [4.69, 9.17) is 14.4 Å². The molecular formula is C13H11NO6S. The quantitative estimate of drug-likeness (QED) is 0.904. The van der Waals surface area contributed by atoms with Crippen molar-refractivity contribution in [1.29, 1.82) is 0 Å². The number of carboxylic acids is 1. The van der Waals surface area contributed by atoms with Gasteiger partial charge in [-0.1, -0.05) is 17.3 Å². The standard InChI is InChI=1S/C13H11NO6S/c15-13(16)11-5-12(20-14-11)8-2-1-3-9(4-8)19-10-6-21(17,18)7-10/h1-5,10H,6-7H2,(H,15,16). The lowest BCUT2D eigenvalue weighted by atomic mass is 10.1. The summed E-state index contributed by atoms with van der Waals surface area (Å²) in [5.41, 5.74) is 0.427. The van der Waals surface area contributed by atoms with E-state index in [9.17, 15) is 13.2 Å². The minimum atomic E-state index is -2.94. The number of sulfone groups is 1. The summed E-state index contributed by atoms with van der Waals surface area (Å²) >= 11 is 0. The van der Waals surface area contributed by atoms with Crippen molar-refractivity contribution in [1.82, 2.24) is 5.16 Å². The van der Waals surface area contributed by atoms with E-state index in [0.717, 1.165) is 0 Å². The van der Waals surface area contributed by atoms with Gasteiger partial charge in [0.15, 0.2) is 21.3 Å². The van der Waals surface area contributed by atoms with Crippen LogP contribution in [0.15, 0.2) is 34.9 Å². The van der Waals surface area contributed by atoms with E-state index in [-0.39, 0.29) is 23.3 Å². The van der Waals surface area contributed by atoms with Gasteiger partial charge in [-0.25, -0.2) is 13.2 Å². The molecule has 0 aliphatic carbocycles. The van der Waals surface area contributed by atoms with Crippen molar-refractivity contribution in [3.8, 4) is 17.1 Å². The van der Waals surface area contributed by atoms with Gasteiger partial charge in [-0.3, -0.25) is 0 Å². The molecule has 0 amide bonds. The fraction of sp³-hybridized carbons (Fsp3) is 0.231. The average Bonchev–Trinajstić information content (AvgIpc) is 2.86. The van der Waals surface area contributed by atoms with E-state index >= 15 is 0 Å². The van der Waals surface area contributed by atoms with Gasteiger partial charge in [0.25, 0.3) is 0 Å². The van der Waals surface area contributed by atoms with Gasteiger partial charge in [-0.05, 0) is 12.1 Å². The number of ether oxygens (including phenoxy) is 1. The highest BCUT2D eigenvalue weighted by Crippen LogP contribution is 2.26. The fourth-order valence-corrected chi connectivity index (χ4v) is 3.18. The first-order chi connectivity index (χ1) is 9.93. The number of hydrogen-bond acceptors (Lipinski definition) is 6. The maximum atomic E-state index is 11.1. The lowest BCUT2D eigenvalue weighted by molar-refractivity contribution is 0.0685. The van der Waals surface area contributed by atoms with Crippen LogP contribution in [0.3, 0.4) is 0 Å².